The van der Waals surface area contributed by atoms with Crippen molar-refractivity contribution in [1.82, 2.24) is 0 Å². The van der Waals surface area contributed by atoms with Gasteiger partial charge in [-0.15, -0.1) is 5.73 Å². The fourth-order valence-corrected chi connectivity index (χ4v) is 7.17. The van der Waals surface area contributed by atoms with E-state index in [1.807, 2.05) is 0 Å². The molecule has 1 rings (SSSR count). The van der Waals surface area contributed by atoms with E-state index in [2.05, 4.69) is 66.1 Å². The Balaban J connectivity index is 2.84. The van der Waals surface area contributed by atoms with E-state index in [-0.39, 0.29) is 0 Å². The Kier molecular flexibility index (Phi) is 7.59. The molecular weight excluding hydrogens is 312 g/mol. The third kappa shape index (κ3) is 5.74. The van der Waals surface area contributed by atoms with Crippen molar-refractivity contribution < 1.29 is 4.43 Å². The quantitative estimate of drug-likeness (QED) is 0.366. The summed E-state index contributed by atoms with van der Waals surface area (Å²) in [6, 6.07) is 4.05. The summed E-state index contributed by atoms with van der Waals surface area (Å²) < 4.78 is 6.66. The minimum Gasteiger partial charge on any atom is -0.414 e. The van der Waals surface area contributed by atoms with Crippen LogP contribution in [-0.2, 0) is 4.43 Å². The van der Waals surface area contributed by atoms with Crippen molar-refractivity contribution in [3.05, 3.63) is 17.0 Å². The van der Waals surface area contributed by atoms with Crippen LogP contribution in [0.25, 0.3) is 0 Å². The highest BCUT2D eigenvalue weighted by Crippen LogP contribution is 2.39. The molecule has 3 heteroatoms. The SMILES string of the molecule is CC[Si](C=C=C1CCC[C@@H](O[Si](C)(C)C(C)(C)C)C1)(CC)CC. The van der Waals surface area contributed by atoms with Crippen LogP contribution in [0.5, 0.6) is 0 Å². The second kappa shape index (κ2) is 8.33. The molecule has 0 aromatic carbocycles. The molecule has 23 heavy (non-hydrogen) atoms. The third-order valence-electron chi connectivity index (χ3n) is 6.44. The summed E-state index contributed by atoms with van der Waals surface area (Å²) in [4.78, 5) is 0. The molecule has 0 aromatic heterocycles. The van der Waals surface area contributed by atoms with Crippen LogP contribution in [0.4, 0.5) is 0 Å². The minimum atomic E-state index is -1.64. The van der Waals surface area contributed by atoms with Crippen LogP contribution >= 0.6 is 0 Å². The predicted molar refractivity (Wildman–Crippen MR) is 109 cm³/mol. The maximum absolute atomic E-state index is 6.66. The maximum Gasteiger partial charge on any atom is 0.192 e. The number of hydrogen-bond donors (Lipinski definition) is 0. The smallest absolute Gasteiger partial charge is 0.192 e. The standard InChI is InChI=1S/C20H40OSi2/c1-9-23(10-2,11-3)16-15-18-13-12-14-19(17-18)21-22(7,8)20(4,5)6/h16,19H,9-14,17H2,1-8H3/t15?,19-/m1/s1. The van der Waals surface area contributed by atoms with Gasteiger partial charge in [-0.1, -0.05) is 65.4 Å². The zero-order chi connectivity index (χ0) is 17.7. The summed E-state index contributed by atoms with van der Waals surface area (Å²) in [6.45, 7) is 18.9. The zero-order valence-corrected chi connectivity index (χ0v) is 19.0. The van der Waals surface area contributed by atoms with Gasteiger partial charge in [0.05, 0.1) is 8.07 Å². The maximum atomic E-state index is 6.66. The molecule has 0 unspecified atom stereocenters. The van der Waals surface area contributed by atoms with Gasteiger partial charge in [-0.2, -0.15) is 0 Å². The molecule has 1 nitrogen and oxygen atoms in total. The van der Waals surface area contributed by atoms with Crippen molar-refractivity contribution in [2.45, 2.75) is 110 Å². The fourth-order valence-electron chi connectivity index (χ4n) is 3.16. The zero-order valence-electron chi connectivity index (χ0n) is 17.0. The van der Waals surface area contributed by atoms with E-state index < -0.39 is 16.4 Å². The van der Waals surface area contributed by atoms with Gasteiger partial charge in [-0.05, 0) is 43.0 Å². The molecule has 0 amide bonds. The minimum absolute atomic E-state index is 0.304. The van der Waals surface area contributed by atoms with Gasteiger partial charge in [-0.3, -0.25) is 0 Å². The average Bonchev–Trinajstić information content (AvgIpc) is 2.48. The van der Waals surface area contributed by atoms with Gasteiger partial charge < -0.3 is 4.43 Å². The number of hydrogen-bond acceptors (Lipinski definition) is 1. The van der Waals surface area contributed by atoms with Crippen LogP contribution in [-0.4, -0.2) is 22.5 Å². The van der Waals surface area contributed by atoms with Gasteiger partial charge in [0.2, 0.25) is 0 Å². The third-order valence-corrected chi connectivity index (χ3v) is 16.0. The second-order valence-electron chi connectivity index (χ2n) is 8.91. The second-order valence-corrected chi connectivity index (χ2v) is 18.8. The van der Waals surface area contributed by atoms with Crippen molar-refractivity contribution in [3.8, 4) is 0 Å². The normalized spacial score (nSPS) is 20.3. The summed E-state index contributed by atoms with van der Waals surface area (Å²) >= 11 is 0. The van der Waals surface area contributed by atoms with Crippen LogP contribution in [0, 0.1) is 0 Å². The van der Waals surface area contributed by atoms with Crippen molar-refractivity contribution in [2.24, 2.45) is 0 Å². The summed E-state index contributed by atoms with van der Waals surface area (Å²) in [7, 11) is -2.83. The van der Waals surface area contributed by atoms with Gasteiger partial charge in [0.1, 0.15) is 0 Å². The van der Waals surface area contributed by atoms with Crippen LogP contribution in [0.2, 0.25) is 36.3 Å². The number of rotatable bonds is 6. The Morgan fingerprint density at radius 2 is 1.70 bits per heavy atom. The fraction of sp³-hybridized carbons (Fsp3) is 0.850. The van der Waals surface area contributed by atoms with Crippen LogP contribution in [0.3, 0.4) is 0 Å². The lowest BCUT2D eigenvalue weighted by atomic mass is 9.93. The topological polar surface area (TPSA) is 9.23 Å². The first-order chi connectivity index (χ1) is 10.6. The molecule has 134 valence electrons. The van der Waals surface area contributed by atoms with Gasteiger partial charge in [0, 0.05) is 12.5 Å². The monoisotopic (exact) mass is 352 g/mol. The van der Waals surface area contributed by atoms with Gasteiger partial charge in [0.25, 0.3) is 0 Å². The molecule has 0 N–H and O–H groups in total. The van der Waals surface area contributed by atoms with Crippen molar-refractivity contribution in [2.75, 3.05) is 0 Å². The molecular formula is C20H40OSi2. The highest BCUT2D eigenvalue weighted by atomic mass is 28.4. The first kappa shape index (κ1) is 21.0. The van der Waals surface area contributed by atoms with Crippen LogP contribution < -0.4 is 0 Å². The molecule has 1 atom stereocenters. The van der Waals surface area contributed by atoms with Gasteiger partial charge in [-0.25, -0.2) is 0 Å². The Morgan fingerprint density at radius 3 is 2.17 bits per heavy atom. The lowest BCUT2D eigenvalue weighted by Gasteiger charge is -2.40. The van der Waals surface area contributed by atoms with E-state index in [0.29, 0.717) is 11.1 Å². The Bertz CT molecular complexity index is 427. The van der Waals surface area contributed by atoms with E-state index in [1.54, 1.807) is 0 Å². The van der Waals surface area contributed by atoms with Crippen LogP contribution in [0.1, 0.15) is 67.2 Å². The molecule has 0 aliphatic heterocycles. The Hall–Kier alpha value is -0.0862. The summed E-state index contributed by atoms with van der Waals surface area (Å²) in [5, 5.41) is 0.304. The van der Waals surface area contributed by atoms with E-state index in [4.69, 9.17) is 4.43 Å². The van der Waals surface area contributed by atoms with E-state index in [1.165, 1.54) is 43.0 Å². The molecule has 0 aromatic rings. The van der Waals surface area contributed by atoms with Crippen molar-refractivity contribution in [1.29, 1.82) is 0 Å². The highest BCUT2D eigenvalue weighted by molar-refractivity contribution is 6.84. The van der Waals surface area contributed by atoms with E-state index in [9.17, 15) is 0 Å². The lowest BCUT2D eigenvalue weighted by Crippen LogP contribution is -2.44. The Morgan fingerprint density at radius 1 is 1.13 bits per heavy atom. The molecule has 0 saturated heterocycles. The first-order valence-corrected chi connectivity index (χ1v) is 15.3. The van der Waals surface area contributed by atoms with Crippen molar-refractivity contribution >= 4 is 16.4 Å². The largest absolute Gasteiger partial charge is 0.414 e. The lowest BCUT2D eigenvalue weighted by molar-refractivity contribution is 0.156. The van der Waals surface area contributed by atoms with Crippen LogP contribution in [0.15, 0.2) is 17.0 Å². The first-order valence-electron chi connectivity index (χ1n) is 9.72. The molecule has 1 fully saturated rings. The molecule has 0 spiro atoms. The Labute approximate surface area is 147 Å². The molecule has 1 saturated carbocycles. The van der Waals surface area contributed by atoms with Gasteiger partial charge in [0.15, 0.2) is 8.32 Å². The van der Waals surface area contributed by atoms with E-state index in [0.717, 1.165) is 6.42 Å². The molecule has 1 aliphatic rings. The van der Waals surface area contributed by atoms with Crippen molar-refractivity contribution in [3.63, 3.8) is 0 Å². The average molecular weight is 353 g/mol. The van der Waals surface area contributed by atoms with Gasteiger partial charge >= 0.3 is 0 Å². The summed E-state index contributed by atoms with van der Waals surface area (Å²) in [6.07, 6.45) is 5.28. The van der Waals surface area contributed by atoms with E-state index >= 15 is 0 Å². The predicted octanol–water partition coefficient (Wildman–Crippen LogP) is 7.08. The molecule has 0 bridgehead atoms. The molecule has 1 aliphatic carbocycles. The highest BCUT2D eigenvalue weighted by Gasteiger charge is 2.39. The molecule has 0 heterocycles. The molecule has 0 radical (unpaired) electrons. The summed E-state index contributed by atoms with van der Waals surface area (Å²) in [5.74, 6) is 0. The summed E-state index contributed by atoms with van der Waals surface area (Å²) in [5.41, 5.74) is 7.80.